The van der Waals surface area contributed by atoms with E-state index in [0.29, 0.717) is 6.04 Å². The predicted molar refractivity (Wildman–Crippen MR) is 109 cm³/mol. The van der Waals surface area contributed by atoms with E-state index < -0.39 is 0 Å². The van der Waals surface area contributed by atoms with Gasteiger partial charge in [0.15, 0.2) is 0 Å². The molecule has 1 fully saturated rings. The van der Waals surface area contributed by atoms with Crippen LogP contribution < -0.4 is 4.90 Å². The summed E-state index contributed by atoms with van der Waals surface area (Å²) in [5.74, 6) is 0.946. The molecule has 0 amide bonds. The van der Waals surface area contributed by atoms with Crippen LogP contribution in [0.5, 0.6) is 0 Å². The van der Waals surface area contributed by atoms with Crippen molar-refractivity contribution in [3.8, 4) is 0 Å². The minimum atomic E-state index is 0. The molecule has 4 rings (SSSR count). The van der Waals surface area contributed by atoms with Gasteiger partial charge in [0.25, 0.3) is 0 Å². The second-order valence-electron chi connectivity index (χ2n) is 6.83. The number of anilines is 1. The van der Waals surface area contributed by atoms with Crippen LogP contribution in [0.3, 0.4) is 0 Å². The van der Waals surface area contributed by atoms with Gasteiger partial charge in [0.05, 0.1) is 18.4 Å². The summed E-state index contributed by atoms with van der Waals surface area (Å²) in [6.45, 7) is 7.24. The van der Waals surface area contributed by atoms with E-state index in [4.69, 9.17) is 0 Å². The van der Waals surface area contributed by atoms with E-state index in [0.717, 1.165) is 25.5 Å². The topological polar surface area (TPSA) is 60.9 Å². The van der Waals surface area contributed by atoms with Gasteiger partial charge in [-0.15, -0.1) is 12.4 Å². The van der Waals surface area contributed by atoms with Gasteiger partial charge in [-0.1, -0.05) is 24.3 Å². The third-order valence-electron chi connectivity index (χ3n) is 5.34. The van der Waals surface area contributed by atoms with Crippen LogP contribution in [0.2, 0.25) is 0 Å². The van der Waals surface area contributed by atoms with Crippen LogP contribution in [0.15, 0.2) is 55.2 Å². The molecule has 3 aromatic rings. The average molecular weight is 385 g/mol. The smallest absolute Gasteiger partial charge is 0.147 e. The lowest BCUT2D eigenvalue weighted by Crippen LogP contribution is -2.49. The lowest BCUT2D eigenvalue weighted by molar-refractivity contribution is 0.127. The number of hydrogen-bond donors (Lipinski definition) is 1. The number of piperazine rings is 1. The fourth-order valence-corrected chi connectivity index (χ4v) is 3.84. The molecule has 0 saturated carbocycles. The van der Waals surface area contributed by atoms with E-state index in [1.165, 1.54) is 16.7 Å². The molecule has 1 aliphatic heterocycles. The molecule has 1 saturated heterocycles. The van der Waals surface area contributed by atoms with Crippen molar-refractivity contribution in [3.05, 3.63) is 71.9 Å². The number of halogens is 1. The molecule has 1 N–H and O–H groups in total. The Kier molecular flexibility index (Phi) is 6.08. The van der Waals surface area contributed by atoms with E-state index >= 15 is 0 Å². The molecule has 2 aromatic heterocycles. The zero-order valence-electron chi connectivity index (χ0n) is 15.6. The molecule has 0 spiro atoms. The molecule has 0 aliphatic carbocycles. The van der Waals surface area contributed by atoms with Crippen LogP contribution in [0.1, 0.15) is 35.7 Å². The van der Waals surface area contributed by atoms with Gasteiger partial charge in [0.2, 0.25) is 0 Å². The fourth-order valence-electron chi connectivity index (χ4n) is 3.84. The Morgan fingerprint density at radius 2 is 2.00 bits per heavy atom. The Morgan fingerprint density at radius 3 is 2.70 bits per heavy atom. The monoisotopic (exact) mass is 384 g/mol. The molecular formula is C20H25ClN6. The fraction of sp³-hybridized carbons (Fsp3) is 0.350. The van der Waals surface area contributed by atoms with Gasteiger partial charge in [0, 0.05) is 49.8 Å². The molecule has 1 aliphatic rings. The Morgan fingerprint density at radius 1 is 1.15 bits per heavy atom. The average Bonchev–Trinajstić information content (AvgIpc) is 3.23. The van der Waals surface area contributed by atoms with E-state index in [9.17, 15) is 0 Å². The first-order chi connectivity index (χ1) is 12.7. The summed E-state index contributed by atoms with van der Waals surface area (Å²) < 4.78 is 0. The van der Waals surface area contributed by atoms with Gasteiger partial charge in [-0.05, 0) is 25.0 Å². The van der Waals surface area contributed by atoms with Crippen LogP contribution in [0, 0.1) is 6.92 Å². The number of aryl methyl sites for hydroxylation is 1. The third-order valence-corrected chi connectivity index (χ3v) is 5.34. The van der Waals surface area contributed by atoms with E-state index in [1.54, 1.807) is 12.4 Å². The highest BCUT2D eigenvalue weighted by molar-refractivity contribution is 5.85. The molecule has 27 heavy (non-hydrogen) atoms. The first-order valence-corrected chi connectivity index (χ1v) is 9.05. The van der Waals surface area contributed by atoms with E-state index in [-0.39, 0.29) is 18.4 Å². The Balaban J connectivity index is 0.00000210. The van der Waals surface area contributed by atoms with Crippen molar-refractivity contribution in [3.63, 3.8) is 0 Å². The van der Waals surface area contributed by atoms with Gasteiger partial charge in [-0.3, -0.25) is 15.0 Å². The zero-order chi connectivity index (χ0) is 17.9. The highest BCUT2D eigenvalue weighted by Gasteiger charge is 2.33. The van der Waals surface area contributed by atoms with Gasteiger partial charge in [-0.2, -0.15) is 5.10 Å². The maximum absolute atomic E-state index is 4.50. The molecule has 0 radical (unpaired) electrons. The Hall–Kier alpha value is -2.44. The third kappa shape index (κ3) is 3.96. The molecule has 1 aromatic carbocycles. The number of H-pyrrole nitrogens is 1. The molecule has 3 heterocycles. The van der Waals surface area contributed by atoms with Crippen molar-refractivity contribution in [2.45, 2.75) is 25.9 Å². The summed E-state index contributed by atoms with van der Waals surface area (Å²) in [7, 11) is 0. The number of hydrogen-bond acceptors (Lipinski definition) is 5. The highest BCUT2D eigenvalue weighted by Crippen LogP contribution is 2.35. The van der Waals surface area contributed by atoms with Crippen molar-refractivity contribution in [2.75, 3.05) is 24.5 Å². The molecule has 2 unspecified atom stereocenters. The quantitative estimate of drug-likeness (QED) is 0.745. The Labute approximate surface area is 166 Å². The Bertz CT molecular complexity index is 839. The van der Waals surface area contributed by atoms with Crippen molar-refractivity contribution >= 4 is 18.2 Å². The zero-order valence-corrected chi connectivity index (χ0v) is 16.4. The molecule has 0 bridgehead atoms. The predicted octanol–water partition coefficient (Wildman–Crippen LogP) is 3.55. The summed E-state index contributed by atoms with van der Waals surface area (Å²) in [6, 6.07) is 9.25. The normalized spacial score (nSPS) is 18.7. The maximum Gasteiger partial charge on any atom is 0.147 e. The first-order valence-electron chi connectivity index (χ1n) is 9.05. The van der Waals surface area contributed by atoms with Crippen LogP contribution in [-0.2, 0) is 0 Å². The summed E-state index contributed by atoms with van der Waals surface area (Å²) >= 11 is 0. The molecular weight excluding hydrogens is 360 g/mol. The van der Waals surface area contributed by atoms with Crippen molar-refractivity contribution in [1.29, 1.82) is 0 Å². The van der Waals surface area contributed by atoms with Crippen LogP contribution in [-0.4, -0.2) is 44.7 Å². The molecule has 2 atom stereocenters. The van der Waals surface area contributed by atoms with Crippen LogP contribution >= 0.6 is 12.4 Å². The van der Waals surface area contributed by atoms with E-state index in [2.05, 4.69) is 68.1 Å². The number of benzene rings is 1. The van der Waals surface area contributed by atoms with Gasteiger partial charge < -0.3 is 4.90 Å². The maximum atomic E-state index is 4.50. The number of nitrogens with one attached hydrogen (secondary N) is 1. The summed E-state index contributed by atoms with van der Waals surface area (Å²) in [5.41, 5.74) is 3.91. The number of rotatable bonds is 4. The van der Waals surface area contributed by atoms with E-state index in [1.807, 2.05) is 18.6 Å². The van der Waals surface area contributed by atoms with Crippen molar-refractivity contribution < 1.29 is 0 Å². The van der Waals surface area contributed by atoms with Crippen LogP contribution in [0.25, 0.3) is 0 Å². The standard InChI is InChI=1S/C20H24N6.ClH/c1-15-5-3-4-6-18(15)19-14-25(20-13-21-7-8-22-20)9-10-26(19)16(2)17-11-23-24-12-17;/h3-8,11-13,16,19H,9-10,14H2,1-2H3,(H,23,24);1H. The minimum Gasteiger partial charge on any atom is -0.352 e. The number of aromatic nitrogens is 4. The lowest BCUT2D eigenvalue weighted by atomic mass is 9.95. The molecule has 6 nitrogen and oxygen atoms in total. The lowest BCUT2D eigenvalue weighted by Gasteiger charge is -2.45. The summed E-state index contributed by atoms with van der Waals surface area (Å²) in [5, 5.41) is 7.08. The summed E-state index contributed by atoms with van der Waals surface area (Å²) in [6.07, 6.45) is 9.26. The number of nitrogens with zero attached hydrogens (tertiary/aromatic N) is 5. The summed E-state index contributed by atoms with van der Waals surface area (Å²) in [4.78, 5) is 13.6. The largest absolute Gasteiger partial charge is 0.352 e. The highest BCUT2D eigenvalue weighted by atomic mass is 35.5. The SMILES string of the molecule is Cc1ccccc1C1CN(c2cnccn2)CCN1C(C)c1cn[nH]c1.Cl. The first kappa shape index (κ1) is 19.3. The van der Waals surface area contributed by atoms with Crippen molar-refractivity contribution in [2.24, 2.45) is 0 Å². The second kappa shape index (κ2) is 8.50. The molecule has 142 valence electrons. The minimum absolute atomic E-state index is 0. The van der Waals surface area contributed by atoms with Crippen molar-refractivity contribution in [1.82, 2.24) is 25.1 Å². The second-order valence-corrected chi connectivity index (χ2v) is 6.83. The van der Waals surface area contributed by atoms with Gasteiger partial charge in [-0.25, -0.2) is 4.98 Å². The molecule has 7 heteroatoms. The van der Waals surface area contributed by atoms with Crippen LogP contribution in [0.4, 0.5) is 5.82 Å². The number of aromatic amines is 1. The van der Waals surface area contributed by atoms with Gasteiger partial charge >= 0.3 is 0 Å². The van der Waals surface area contributed by atoms with Gasteiger partial charge in [0.1, 0.15) is 5.82 Å².